The first-order valence-corrected chi connectivity index (χ1v) is 6.58. The Morgan fingerprint density at radius 3 is 2.41 bits per heavy atom. The standard InChI is InChI=1S/C13H25NO3/c1-3-5-6-12(15)14-10-9-11(4-2)7-8-13(16)17/h11H,3-10H2,1-2H3,(H,14,15)(H,16,17). The summed E-state index contributed by atoms with van der Waals surface area (Å²) in [5.41, 5.74) is 0. The fourth-order valence-corrected chi connectivity index (χ4v) is 1.72. The molecule has 4 nitrogen and oxygen atoms in total. The van der Waals surface area contributed by atoms with E-state index in [1.54, 1.807) is 0 Å². The molecular weight excluding hydrogens is 218 g/mol. The smallest absolute Gasteiger partial charge is 0.303 e. The highest BCUT2D eigenvalue weighted by Gasteiger charge is 2.09. The Labute approximate surface area is 104 Å². The lowest BCUT2D eigenvalue weighted by atomic mass is 9.96. The minimum atomic E-state index is -0.740. The monoisotopic (exact) mass is 243 g/mol. The lowest BCUT2D eigenvalue weighted by molar-refractivity contribution is -0.137. The molecule has 0 aliphatic carbocycles. The predicted octanol–water partition coefficient (Wildman–Crippen LogP) is 2.57. The van der Waals surface area contributed by atoms with Crippen LogP contribution in [0.3, 0.4) is 0 Å². The molecule has 17 heavy (non-hydrogen) atoms. The Hall–Kier alpha value is -1.06. The highest BCUT2D eigenvalue weighted by Crippen LogP contribution is 2.14. The third kappa shape index (κ3) is 9.85. The van der Waals surface area contributed by atoms with E-state index in [-0.39, 0.29) is 12.3 Å². The first kappa shape index (κ1) is 15.9. The molecule has 0 aromatic carbocycles. The minimum absolute atomic E-state index is 0.111. The number of carboxylic acid groups (broad SMARTS) is 1. The van der Waals surface area contributed by atoms with Gasteiger partial charge in [-0.15, -0.1) is 0 Å². The van der Waals surface area contributed by atoms with Gasteiger partial charge in [-0.1, -0.05) is 26.7 Å². The maximum Gasteiger partial charge on any atom is 0.303 e. The van der Waals surface area contributed by atoms with Crippen LogP contribution in [-0.4, -0.2) is 23.5 Å². The van der Waals surface area contributed by atoms with E-state index >= 15 is 0 Å². The molecule has 0 saturated heterocycles. The second-order valence-corrected chi connectivity index (χ2v) is 4.45. The van der Waals surface area contributed by atoms with Gasteiger partial charge in [-0.3, -0.25) is 9.59 Å². The molecule has 0 aliphatic heterocycles. The van der Waals surface area contributed by atoms with Crippen molar-refractivity contribution in [3.05, 3.63) is 0 Å². The Bertz CT molecular complexity index is 229. The summed E-state index contributed by atoms with van der Waals surface area (Å²) >= 11 is 0. The Kier molecular flexibility index (Phi) is 9.49. The zero-order valence-electron chi connectivity index (χ0n) is 11.0. The summed E-state index contributed by atoms with van der Waals surface area (Å²) in [6, 6.07) is 0. The van der Waals surface area contributed by atoms with Crippen molar-refractivity contribution in [2.24, 2.45) is 5.92 Å². The van der Waals surface area contributed by atoms with Gasteiger partial charge in [-0.05, 0) is 25.2 Å². The Balaban J connectivity index is 3.61. The second kappa shape index (κ2) is 10.1. The Morgan fingerprint density at radius 2 is 1.88 bits per heavy atom. The van der Waals surface area contributed by atoms with Crippen LogP contribution in [0.25, 0.3) is 0 Å². The predicted molar refractivity (Wildman–Crippen MR) is 67.8 cm³/mol. The number of aliphatic carboxylic acids is 1. The van der Waals surface area contributed by atoms with Crippen molar-refractivity contribution in [3.63, 3.8) is 0 Å². The zero-order chi connectivity index (χ0) is 13.1. The first-order chi connectivity index (χ1) is 8.10. The zero-order valence-corrected chi connectivity index (χ0v) is 11.0. The first-order valence-electron chi connectivity index (χ1n) is 6.58. The van der Waals surface area contributed by atoms with Crippen molar-refractivity contribution in [2.75, 3.05) is 6.54 Å². The molecule has 100 valence electrons. The molecule has 0 saturated carbocycles. The number of unbranched alkanes of at least 4 members (excludes halogenated alkanes) is 1. The van der Waals surface area contributed by atoms with Crippen LogP contribution in [0.5, 0.6) is 0 Å². The summed E-state index contributed by atoms with van der Waals surface area (Å²) in [6.07, 6.45) is 5.34. The van der Waals surface area contributed by atoms with Gasteiger partial charge in [0.1, 0.15) is 0 Å². The van der Waals surface area contributed by atoms with E-state index in [1.165, 1.54) is 0 Å². The van der Waals surface area contributed by atoms with Crippen LogP contribution in [0.1, 0.15) is 58.8 Å². The summed E-state index contributed by atoms with van der Waals surface area (Å²) < 4.78 is 0. The fraction of sp³-hybridized carbons (Fsp3) is 0.846. The molecule has 0 radical (unpaired) electrons. The lowest BCUT2D eigenvalue weighted by Gasteiger charge is -2.13. The average molecular weight is 243 g/mol. The molecule has 0 aromatic rings. The molecule has 1 unspecified atom stereocenters. The van der Waals surface area contributed by atoms with Crippen molar-refractivity contribution in [2.45, 2.75) is 58.8 Å². The van der Waals surface area contributed by atoms with E-state index in [1.807, 2.05) is 0 Å². The summed E-state index contributed by atoms with van der Waals surface area (Å²) in [5, 5.41) is 11.5. The molecule has 0 rings (SSSR count). The van der Waals surface area contributed by atoms with E-state index in [9.17, 15) is 9.59 Å². The van der Waals surface area contributed by atoms with Gasteiger partial charge >= 0.3 is 5.97 Å². The largest absolute Gasteiger partial charge is 0.481 e. The van der Waals surface area contributed by atoms with E-state index in [2.05, 4.69) is 19.2 Å². The van der Waals surface area contributed by atoms with Gasteiger partial charge in [0.2, 0.25) is 5.91 Å². The maximum atomic E-state index is 11.3. The molecule has 0 bridgehead atoms. The van der Waals surface area contributed by atoms with Crippen LogP contribution in [0.4, 0.5) is 0 Å². The van der Waals surface area contributed by atoms with E-state index in [4.69, 9.17) is 5.11 Å². The minimum Gasteiger partial charge on any atom is -0.481 e. The highest BCUT2D eigenvalue weighted by atomic mass is 16.4. The maximum absolute atomic E-state index is 11.3. The number of amides is 1. The van der Waals surface area contributed by atoms with Gasteiger partial charge in [0, 0.05) is 19.4 Å². The number of carboxylic acids is 1. The quantitative estimate of drug-likeness (QED) is 0.619. The number of hydrogen-bond donors (Lipinski definition) is 2. The highest BCUT2D eigenvalue weighted by molar-refractivity contribution is 5.75. The number of rotatable bonds is 10. The topological polar surface area (TPSA) is 66.4 Å². The third-order valence-corrected chi connectivity index (χ3v) is 2.98. The lowest BCUT2D eigenvalue weighted by Crippen LogP contribution is -2.25. The normalized spacial score (nSPS) is 12.1. The van der Waals surface area contributed by atoms with Crippen LogP contribution in [0.15, 0.2) is 0 Å². The van der Waals surface area contributed by atoms with E-state index in [0.29, 0.717) is 25.3 Å². The summed E-state index contributed by atoms with van der Waals surface area (Å²) in [7, 11) is 0. The molecule has 0 fully saturated rings. The van der Waals surface area contributed by atoms with E-state index < -0.39 is 5.97 Å². The van der Waals surface area contributed by atoms with Crippen molar-refractivity contribution in [1.82, 2.24) is 5.32 Å². The molecule has 0 aliphatic rings. The van der Waals surface area contributed by atoms with Gasteiger partial charge in [-0.2, -0.15) is 0 Å². The summed E-state index contributed by atoms with van der Waals surface area (Å²) in [5.74, 6) is -0.229. The van der Waals surface area contributed by atoms with Crippen molar-refractivity contribution in [1.29, 1.82) is 0 Å². The van der Waals surface area contributed by atoms with E-state index in [0.717, 1.165) is 25.7 Å². The summed E-state index contributed by atoms with van der Waals surface area (Å²) in [6.45, 7) is 4.79. The van der Waals surface area contributed by atoms with Crippen molar-refractivity contribution in [3.8, 4) is 0 Å². The molecule has 1 atom stereocenters. The van der Waals surface area contributed by atoms with Crippen molar-refractivity contribution >= 4 is 11.9 Å². The van der Waals surface area contributed by atoms with Crippen LogP contribution >= 0.6 is 0 Å². The van der Waals surface area contributed by atoms with Gasteiger partial charge in [0.25, 0.3) is 0 Å². The SMILES string of the molecule is CCCCC(=O)NCCC(CC)CCC(=O)O. The van der Waals surface area contributed by atoms with Crippen LogP contribution < -0.4 is 5.32 Å². The number of nitrogens with one attached hydrogen (secondary N) is 1. The number of hydrogen-bond acceptors (Lipinski definition) is 2. The Morgan fingerprint density at radius 1 is 1.18 bits per heavy atom. The van der Waals surface area contributed by atoms with Gasteiger partial charge < -0.3 is 10.4 Å². The second-order valence-electron chi connectivity index (χ2n) is 4.45. The number of carbonyl (C=O) groups excluding carboxylic acids is 1. The molecule has 1 amide bonds. The molecule has 4 heteroatoms. The molecule has 0 spiro atoms. The van der Waals surface area contributed by atoms with Gasteiger partial charge in [0.15, 0.2) is 0 Å². The average Bonchev–Trinajstić information content (AvgIpc) is 2.30. The van der Waals surface area contributed by atoms with Crippen LogP contribution in [0, 0.1) is 5.92 Å². The van der Waals surface area contributed by atoms with Gasteiger partial charge in [0.05, 0.1) is 0 Å². The number of carbonyl (C=O) groups is 2. The summed E-state index contributed by atoms with van der Waals surface area (Å²) in [4.78, 5) is 21.8. The van der Waals surface area contributed by atoms with Crippen molar-refractivity contribution < 1.29 is 14.7 Å². The van der Waals surface area contributed by atoms with Crippen LogP contribution in [0.2, 0.25) is 0 Å². The van der Waals surface area contributed by atoms with Crippen LogP contribution in [-0.2, 0) is 9.59 Å². The van der Waals surface area contributed by atoms with Gasteiger partial charge in [-0.25, -0.2) is 0 Å². The fourth-order valence-electron chi connectivity index (χ4n) is 1.72. The molecule has 0 heterocycles. The third-order valence-electron chi connectivity index (χ3n) is 2.98. The molecule has 0 aromatic heterocycles. The molecular formula is C13H25NO3. The molecule has 2 N–H and O–H groups in total.